The number of halogens is 2. The standard InChI is InChI=1S/C7H4F2O4S/c8-4-1-3(7(10)11)2-5(6(4)9)14(12)13/h1-2H,(H,10,11)(H,12,13). The van der Waals surface area contributed by atoms with Crippen LogP contribution in [0.15, 0.2) is 17.0 Å². The summed E-state index contributed by atoms with van der Waals surface area (Å²) < 4.78 is 44.4. The fourth-order valence-electron chi connectivity index (χ4n) is 0.814. The Morgan fingerprint density at radius 2 is 1.93 bits per heavy atom. The van der Waals surface area contributed by atoms with Crippen molar-refractivity contribution in [1.82, 2.24) is 0 Å². The zero-order valence-electron chi connectivity index (χ0n) is 6.53. The molecule has 1 aromatic rings. The molecule has 1 aromatic carbocycles. The summed E-state index contributed by atoms with van der Waals surface area (Å²) >= 11 is -2.76. The van der Waals surface area contributed by atoms with Crippen LogP contribution in [-0.2, 0) is 11.1 Å². The molecule has 0 aliphatic heterocycles. The van der Waals surface area contributed by atoms with E-state index >= 15 is 0 Å². The number of carboxylic acid groups (broad SMARTS) is 1. The third kappa shape index (κ3) is 1.94. The molecule has 1 rings (SSSR count). The molecule has 2 N–H and O–H groups in total. The van der Waals surface area contributed by atoms with Crippen molar-refractivity contribution in [3.63, 3.8) is 0 Å². The second kappa shape index (κ2) is 3.81. The van der Waals surface area contributed by atoms with Gasteiger partial charge in [0, 0.05) is 0 Å². The average molecular weight is 222 g/mol. The minimum absolute atomic E-state index is 0.439. The van der Waals surface area contributed by atoms with Crippen LogP contribution in [0.1, 0.15) is 10.4 Å². The monoisotopic (exact) mass is 222 g/mol. The highest BCUT2D eigenvalue weighted by molar-refractivity contribution is 7.79. The van der Waals surface area contributed by atoms with Gasteiger partial charge in [0.1, 0.15) is 4.90 Å². The van der Waals surface area contributed by atoms with Crippen LogP contribution in [0.3, 0.4) is 0 Å². The van der Waals surface area contributed by atoms with E-state index in [1.807, 2.05) is 0 Å². The van der Waals surface area contributed by atoms with Crippen LogP contribution >= 0.6 is 0 Å². The second-order valence-electron chi connectivity index (χ2n) is 2.32. The van der Waals surface area contributed by atoms with Crippen molar-refractivity contribution in [3.05, 3.63) is 29.3 Å². The Morgan fingerprint density at radius 1 is 1.36 bits per heavy atom. The topological polar surface area (TPSA) is 74.6 Å². The molecule has 0 amide bonds. The van der Waals surface area contributed by atoms with Gasteiger partial charge in [-0.25, -0.2) is 17.8 Å². The van der Waals surface area contributed by atoms with Crippen LogP contribution in [0, 0.1) is 11.6 Å². The van der Waals surface area contributed by atoms with Crippen molar-refractivity contribution in [2.24, 2.45) is 0 Å². The Labute approximate surface area is 79.5 Å². The van der Waals surface area contributed by atoms with Crippen LogP contribution in [0.5, 0.6) is 0 Å². The zero-order valence-corrected chi connectivity index (χ0v) is 7.35. The molecule has 0 aliphatic rings. The van der Waals surface area contributed by atoms with Gasteiger partial charge in [0.2, 0.25) is 0 Å². The van der Waals surface area contributed by atoms with E-state index in [0.717, 1.165) is 0 Å². The molecule has 0 spiro atoms. The van der Waals surface area contributed by atoms with E-state index in [2.05, 4.69) is 0 Å². The van der Waals surface area contributed by atoms with Crippen molar-refractivity contribution < 1.29 is 27.4 Å². The number of hydrogen-bond donors (Lipinski definition) is 2. The highest BCUT2D eigenvalue weighted by Crippen LogP contribution is 2.17. The third-order valence-corrected chi connectivity index (χ3v) is 2.10. The summed E-state index contributed by atoms with van der Waals surface area (Å²) in [4.78, 5) is 9.48. The Kier molecular flexibility index (Phi) is 2.92. The Bertz CT molecular complexity index is 418. The first-order valence-electron chi connectivity index (χ1n) is 3.26. The Morgan fingerprint density at radius 3 is 2.36 bits per heavy atom. The van der Waals surface area contributed by atoms with Crippen LogP contribution in [0.2, 0.25) is 0 Å². The van der Waals surface area contributed by atoms with Gasteiger partial charge in [-0.15, -0.1) is 0 Å². The highest BCUT2D eigenvalue weighted by Gasteiger charge is 2.17. The molecular formula is C7H4F2O4S. The minimum Gasteiger partial charge on any atom is -0.478 e. The molecule has 0 aliphatic carbocycles. The molecule has 7 heteroatoms. The first kappa shape index (κ1) is 10.7. The van der Waals surface area contributed by atoms with Crippen LogP contribution < -0.4 is 0 Å². The number of carboxylic acids is 1. The molecule has 1 unspecified atom stereocenters. The van der Waals surface area contributed by atoms with Crippen LogP contribution in [0.25, 0.3) is 0 Å². The maximum absolute atomic E-state index is 12.8. The van der Waals surface area contributed by atoms with Gasteiger partial charge in [0.25, 0.3) is 0 Å². The van der Waals surface area contributed by atoms with Crippen LogP contribution in [0.4, 0.5) is 8.78 Å². The molecule has 0 saturated carbocycles. The molecule has 0 radical (unpaired) electrons. The van der Waals surface area contributed by atoms with E-state index in [9.17, 15) is 17.8 Å². The second-order valence-corrected chi connectivity index (χ2v) is 3.26. The van der Waals surface area contributed by atoms with Gasteiger partial charge < -0.3 is 9.66 Å². The molecule has 0 saturated heterocycles. The molecule has 0 fully saturated rings. The lowest BCUT2D eigenvalue weighted by atomic mass is 10.2. The molecule has 76 valence electrons. The van der Waals surface area contributed by atoms with Gasteiger partial charge in [-0.3, -0.25) is 0 Å². The number of aromatic carboxylic acids is 1. The van der Waals surface area contributed by atoms with Crippen molar-refractivity contribution >= 4 is 17.0 Å². The predicted molar refractivity (Wildman–Crippen MR) is 42.4 cm³/mol. The summed E-state index contributed by atoms with van der Waals surface area (Å²) in [5.41, 5.74) is -0.582. The molecule has 0 aromatic heterocycles. The predicted octanol–water partition coefficient (Wildman–Crippen LogP) is 1.24. The van der Waals surface area contributed by atoms with Gasteiger partial charge in [-0.2, -0.15) is 0 Å². The smallest absolute Gasteiger partial charge is 0.335 e. The van der Waals surface area contributed by atoms with E-state index in [0.29, 0.717) is 12.1 Å². The molecule has 0 bridgehead atoms. The summed E-state index contributed by atoms with van der Waals surface area (Å²) in [6, 6.07) is 1.05. The normalized spacial score (nSPS) is 12.5. The fourth-order valence-corrected chi connectivity index (χ4v) is 1.29. The Hall–Kier alpha value is -1.34. The fraction of sp³-hybridized carbons (Fsp3) is 0. The SMILES string of the molecule is O=C(O)c1cc(F)c(F)c(S(=O)O)c1. The lowest BCUT2D eigenvalue weighted by Crippen LogP contribution is -2.03. The average Bonchev–Trinajstić information content (AvgIpc) is 2.08. The first-order chi connectivity index (χ1) is 6.43. The summed E-state index contributed by atoms with van der Waals surface area (Å²) in [5, 5.41) is 8.44. The third-order valence-electron chi connectivity index (χ3n) is 1.43. The lowest BCUT2D eigenvalue weighted by Gasteiger charge is -2.01. The van der Waals surface area contributed by atoms with Gasteiger partial charge in [0.15, 0.2) is 22.7 Å². The van der Waals surface area contributed by atoms with Gasteiger partial charge in [-0.1, -0.05) is 0 Å². The molecular weight excluding hydrogens is 218 g/mol. The van der Waals surface area contributed by atoms with E-state index in [1.54, 1.807) is 0 Å². The number of rotatable bonds is 2. The summed E-state index contributed by atoms with van der Waals surface area (Å²) in [5.74, 6) is -4.49. The highest BCUT2D eigenvalue weighted by atomic mass is 32.2. The molecule has 1 atom stereocenters. The van der Waals surface area contributed by atoms with Crippen molar-refractivity contribution in [2.45, 2.75) is 4.90 Å². The molecule has 0 heterocycles. The van der Waals surface area contributed by atoms with Gasteiger partial charge >= 0.3 is 5.97 Å². The van der Waals surface area contributed by atoms with Crippen molar-refractivity contribution in [1.29, 1.82) is 0 Å². The van der Waals surface area contributed by atoms with Crippen molar-refractivity contribution in [2.75, 3.05) is 0 Å². The van der Waals surface area contributed by atoms with Crippen molar-refractivity contribution in [3.8, 4) is 0 Å². The van der Waals surface area contributed by atoms with Gasteiger partial charge in [0.05, 0.1) is 5.56 Å². The number of hydrogen-bond acceptors (Lipinski definition) is 2. The van der Waals surface area contributed by atoms with Crippen LogP contribution in [-0.4, -0.2) is 19.8 Å². The Balaban J connectivity index is 3.43. The quantitative estimate of drug-likeness (QED) is 0.738. The zero-order chi connectivity index (χ0) is 10.9. The van der Waals surface area contributed by atoms with E-state index in [1.165, 1.54) is 0 Å². The maximum atomic E-state index is 12.8. The number of carbonyl (C=O) groups is 1. The van der Waals surface area contributed by atoms with E-state index < -0.39 is 39.1 Å². The molecule has 4 nitrogen and oxygen atoms in total. The number of benzene rings is 1. The summed E-state index contributed by atoms with van der Waals surface area (Å²) in [6.07, 6.45) is 0. The maximum Gasteiger partial charge on any atom is 0.335 e. The van der Waals surface area contributed by atoms with E-state index in [-0.39, 0.29) is 0 Å². The largest absolute Gasteiger partial charge is 0.478 e. The minimum atomic E-state index is -2.76. The lowest BCUT2D eigenvalue weighted by molar-refractivity contribution is 0.0696. The van der Waals surface area contributed by atoms with Gasteiger partial charge in [-0.05, 0) is 12.1 Å². The first-order valence-corrected chi connectivity index (χ1v) is 4.37. The molecule has 14 heavy (non-hydrogen) atoms. The summed E-state index contributed by atoms with van der Waals surface area (Å²) in [7, 11) is 0. The van der Waals surface area contributed by atoms with E-state index in [4.69, 9.17) is 9.66 Å². The summed E-state index contributed by atoms with van der Waals surface area (Å²) in [6.45, 7) is 0.